The number of rotatable bonds is 7. The molecule has 0 saturated carbocycles. The molecule has 0 fully saturated rings. The highest BCUT2D eigenvalue weighted by molar-refractivity contribution is 7.89. The molecule has 0 aliphatic rings. The van der Waals surface area contributed by atoms with Crippen LogP contribution in [0.15, 0.2) is 47.4 Å². The third kappa shape index (κ3) is 4.59. The predicted octanol–water partition coefficient (Wildman–Crippen LogP) is 3.77. The van der Waals surface area contributed by atoms with E-state index in [1.807, 2.05) is 0 Å². The molecule has 2 aromatic rings. The van der Waals surface area contributed by atoms with Crippen molar-refractivity contribution in [1.82, 2.24) is 4.31 Å². The van der Waals surface area contributed by atoms with Crippen molar-refractivity contribution >= 4 is 21.6 Å². The zero-order chi connectivity index (χ0) is 18.6. The molecule has 0 aliphatic carbocycles. The van der Waals surface area contributed by atoms with Gasteiger partial charge in [0.15, 0.2) is 0 Å². The van der Waals surface area contributed by atoms with Crippen LogP contribution in [0, 0.1) is 0 Å². The average Bonchev–Trinajstić information content (AvgIpc) is 2.56. The maximum absolute atomic E-state index is 12.7. The largest absolute Gasteiger partial charge is 0.496 e. The Morgan fingerprint density at radius 1 is 1.16 bits per heavy atom. The molecule has 0 amide bonds. The summed E-state index contributed by atoms with van der Waals surface area (Å²) in [5.41, 5.74) is 0.680. The van der Waals surface area contributed by atoms with E-state index in [0.29, 0.717) is 11.3 Å². The van der Waals surface area contributed by atoms with Gasteiger partial charge in [-0.15, -0.1) is 0 Å². The van der Waals surface area contributed by atoms with Crippen LogP contribution in [0.25, 0.3) is 0 Å². The number of halogens is 3. The SMILES string of the molecule is COc1ccccc1CN(C)S(=O)(=O)c1ccc(OC(F)F)c(Cl)c1. The fourth-order valence-corrected chi connectivity index (χ4v) is 3.64. The zero-order valence-electron chi connectivity index (χ0n) is 13.4. The van der Waals surface area contributed by atoms with Crippen LogP contribution in [-0.2, 0) is 16.6 Å². The van der Waals surface area contributed by atoms with Crippen LogP contribution in [-0.4, -0.2) is 33.5 Å². The molecule has 9 heteroatoms. The van der Waals surface area contributed by atoms with Crippen LogP contribution in [0.3, 0.4) is 0 Å². The summed E-state index contributed by atoms with van der Waals surface area (Å²) >= 11 is 5.83. The number of para-hydroxylation sites is 1. The van der Waals surface area contributed by atoms with Crippen LogP contribution in [0.1, 0.15) is 5.56 Å². The van der Waals surface area contributed by atoms with Crippen LogP contribution >= 0.6 is 11.6 Å². The standard InChI is InChI=1S/C16H16ClF2NO4S/c1-20(10-11-5-3-4-6-14(11)23-2)25(21,22)12-7-8-15(13(17)9-12)24-16(18)19/h3-9,16H,10H2,1-2H3. The topological polar surface area (TPSA) is 55.8 Å². The van der Waals surface area contributed by atoms with Gasteiger partial charge in [0.25, 0.3) is 0 Å². The summed E-state index contributed by atoms with van der Waals surface area (Å²) in [6.07, 6.45) is 0. The Morgan fingerprint density at radius 2 is 1.84 bits per heavy atom. The van der Waals surface area contributed by atoms with Crippen LogP contribution < -0.4 is 9.47 Å². The highest BCUT2D eigenvalue weighted by Gasteiger charge is 2.23. The minimum atomic E-state index is -3.88. The molecule has 0 heterocycles. The predicted molar refractivity (Wildman–Crippen MR) is 89.7 cm³/mol. The van der Waals surface area contributed by atoms with E-state index in [9.17, 15) is 17.2 Å². The summed E-state index contributed by atoms with van der Waals surface area (Å²) in [5.74, 6) is 0.270. The van der Waals surface area contributed by atoms with Gasteiger partial charge in [-0.2, -0.15) is 13.1 Å². The van der Waals surface area contributed by atoms with Crippen molar-refractivity contribution in [3.8, 4) is 11.5 Å². The summed E-state index contributed by atoms with van der Waals surface area (Å²) < 4.78 is 60.4. The summed E-state index contributed by atoms with van der Waals surface area (Å²) in [6, 6.07) is 10.4. The fourth-order valence-electron chi connectivity index (χ4n) is 2.17. The van der Waals surface area contributed by atoms with Crippen molar-refractivity contribution in [3.63, 3.8) is 0 Å². The van der Waals surface area contributed by atoms with Crippen LogP contribution in [0.5, 0.6) is 11.5 Å². The minimum Gasteiger partial charge on any atom is -0.496 e. The van der Waals surface area contributed by atoms with E-state index < -0.39 is 16.6 Å². The lowest BCUT2D eigenvalue weighted by Gasteiger charge is -2.19. The lowest BCUT2D eigenvalue weighted by Crippen LogP contribution is -2.26. The minimum absolute atomic E-state index is 0.0687. The van der Waals surface area contributed by atoms with Gasteiger partial charge in [0.05, 0.1) is 17.0 Å². The van der Waals surface area contributed by atoms with E-state index in [1.165, 1.54) is 14.2 Å². The molecular formula is C16H16ClF2NO4S. The van der Waals surface area contributed by atoms with Crippen molar-refractivity contribution in [2.45, 2.75) is 18.1 Å². The quantitative estimate of drug-likeness (QED) is 0.721. The van der Waals surface area contributed by atoms with E-state index in [1.54, 1.807) is 24.3 Å². The summed E-state index contributed by atoms with van der Waals surface area (Å²) in [5, 5.41) is -0.216. The van der Waals surface area contributed by atoms with Gasteiger partial charge >= 0.3 is 6.61 Å². The van der Waals surface area contributed by atoms with Gasteiger partial charge in [-0.1, -0.05) is 29.8 Å². The first-order chi connectivity index (χ1) is 11.8. The van der Waals surface area contributed by atoms with Crippen LogP contribution in [0.2, 0.25) is 5.02 Å². The molecule has 0 saturated heterocycles. The van der Waals surface area contributed by atoms with Gasteiger partial charge in [-0.25, -0.2) is 8.42 Å². The second kappa shape index (κ2) is 7.99. The second-order valence-electron chi connectivity index (χ2n) is 5.04. The maximum Gasteiger partial charge on any atom is 0.387 e. The Kier molecular flexibility index (Phi) is 6.21. The number of sulfonamides is 1. The maximum atomic E-state index is 12.7. The van der Waals surface area contributed by atoms with Gasteiger partial charge in [0, 0.05) is 19.2 Å². The Hall–Kier alpha value is -1.90. The lowest BCUT2D eigenvalue weighted by molar-refractivity contribution is -0.0498. The van der Waals surface area contributed by atoms with E-state index in [0.717, 1.165) is 22.5 Å². The van der Waals surface area contributed by atoms with Gasteiger partial charge in [-0.3, -0.25) is 0 Å². The van der Waals surface area contributed by atoms with E-state index in [-0.39, 0.29) is 22.2 Å². The van der Waals surface area contributed by atoms with E-state index >= 15 is 0 Å². The number of ether oxygens (including phenoxy) is 2. The fraction of sp³-hybridized carbons (Fsp3) is 0.250. The molecule has 2 rings (SSSR count). The van der Waals surface area contributed by atoms with E-state index in [2.05, 4.69) is 4.74 Å². The molecule has 0 spiro atoms. The molecule has 0 bridgehead atoms. The molecule has 0 radical (unpaired) electrons. The third-order valence-corrected chi connectivity index (χ3v) is 5.51. The number of hydrogen-bond acceptors (Lipinski definition) is 4. The highest BCUT2D eigenvalue weighted by atomic mass is 35.5. The number of alkyl halides is 2. The van der Waals surface area contributed by atoms with Crippen molar-refractivity contribution in [1.29, 1.82) is 0 Å². The summed E-state index contributed by atoms with van der Waals surface area (Å²) in [6.45, 7) is -2.98. The van der Waals surface area contributed by atoms with Crippen molar-refractivity contribution in [2.24, 2.45) is 0 Å². The highest BCUT2D eigenvalue weighted by Crippen LogP contribution is 2.30. The molecule has 0 atom stereocenters. The van der Waals surface area contributed by atoms with Crippen molar-refractivity contribution in [3.05, 3.63) is 53.1 Å². The van der Waals surface area contributed by atoms with Gasteiger partial charge in [-0.05, 0) is 24.3 Å². The molecule has 0 unspecified atom stereocenters. The lowest BCUT2D eigenvalue weighted by atomic mass is 10.2. The number of hydrogen-bond donors (Lipinski definition) is 0. The Bertz CT molecular complexity index is 846. The molecule has 0 N–H and O–H groups in total. The first-order valence-corrected chi connectivity index (χ1v) is 8.90. The van der Waals surface area contributed by atoms with Gasteiger partial charge < -0.3 is 9.47 Å². The molecule has 0 aromatic heterocycles. The third-order valence-electron chi connectivity index (χ3n) is 3.41. The zero-order valence-corrected chi connectivity index (χ0v) is 15.0. The summed E-state index contributed by atoms with van der Waals surface area (Å²) in [4.78, 5) is -0.128. The van der Waals surface area contributed by atoms with Crippen molar-refractivity contribution in [2.75, 3.05) is 14.2 Å². The molecule has 25 heavy (non-hydrogen) atoms. The molecular weight excluding hydrogens is 376 g/mol. The number of nitrogens with zero attached hydrogens (tertiary/aromatic N) is 1. The monoisotopic (exact) mass is 391 g/mol. The summed E-state index contributed by atoms with van der Waals surface area (Å²) in [7, 11) is -0.983. The second-order valence-corrected chi connectivity index (χ2v) is 7.50. The van der Waals surface area contributed by atoms with Crippen molar-refractivity contribution < 1.29 is 26.7 Å². The first-order valence-electron chi connectivity index (χ1n) is 7.08. The van der Waals surface area contributed by atoms with Gasteiger partial charge in [0.2, 0.25) is 10.0 Å². The Morgan fingerprint density at radius 3 is 2.44 bits per heavy atom. The van der Waals surface area contributed by atoms with E-state index in [4.69, 9.17) is 16.3 Å². The number of benzene rings is 2. The van der Waals surface area contributed by atoms with Gasteiger partial charge in [0.1, 0.15) is 11.5 Å². The number of methoxy groups -OCH3 is 1. The Balaban J connectivity index is 2.27. The molecule has 0 aliphatic heterocycles. The Labute approximate surface area is 149 Å². The smallest absolute Gasteiger partial charge is 0.387 e. The van der Waals surface area contributed by atoms with Crippen LogP contribution in [0.4, 0.5) is 8.78 Å². The average molecular weight is 392 g/mol. The molecule has 5 nitrogen and oxygen atoms in total. The molecule has 2 aromatic carbocycles. The molecule has 136 valence electrons. The first kappa shape index (κ1) is 19.4. The normalized spacial score (nSPS) is 11.8.